The molecule has 0 aromatic rings. The van der Waals surface area contributed by atoms with Crippen molar-refractivity contribution in [2.45, 2.75) is 6.92 Å². The first kappa shape index (κ1) is 9.77. The second-order valence-electron chi connectivity index (χ2n) is 2.69. The molecular formula is C6H13N3O2S. The average Bonchev–Trinajstić information content (AvgIpc) is 1.83. The highest BCUT2D eigenvalue weighted by Crippen LogP contribution is 2.43. The minimum absolute atomic E-state index is 0.0465. The van der Waals surface area contributed by atoms with Crippen LogP contribution in [0.1, 0.15) is 6.92 Å². The maximum Gasteiger partial charge on any atom is 0.0751 e. The van der Waals surface area contributed by atoms with E-state index in [0.29, 0.717) is 19.6 Å². The normalized spacial score (nSPS) is 21.5. The Balaban J connectivity index is 2.36. The molecule has 5 nitrogen and oxygen atoms in total. The summed E-state index contributed by atoms with van der Waals surface area (Å²) >= 11 is 0. The van der Waals surface area contributed by atoms with Crippen molar-refractivity contribution in [3.05, 3.63) is 0 Å². The number of nitriles is 1. The van der Waals surface area contributed by atoms with Gasteiger partial charge < -0.3 is 0 Å². The van der Waals surface area contributed by atoms with Gasteiger partial charge >= 0.3 is 0 Å². The molecule has 0 aromatic carbocycles. The Bertz CT molecular complexity index is 197. The monoisotopic (exact) mass is 191 g/mol. The Morgan fingerprint density at radius 3 is 2.67 bits per heavy atom. The zero-order valence-electron chi connectivity index (χ0n) is 6.90. The van der Waals surface area contributed by atoms with Gasteiger partial charge in [-0.1, -0.05) is 17.9 Å². The zero-order chi connectivity index (χ0) is 9.19. The highest BCUT2D eigenvalue weighted by Gasteiger charge is 2.35. The topological polar surface area (TPSA) is 79.5 Å². The summed E-state index contributed by atoms with van der Waals surface area (Å²) in [6, 6.07) is 2.07. The fourth-order valence-corrected chi connectivity index (χ4v) is 2.36. The lowest BCUT2D eigenvalue weighted by Crippen LogP contribution is -2.50. The van der Waals surface area contributed by atoms with E-state index in [2.05, 4.69) is 10.8 Å². The first-order valence-corrected chi connectivity index (χ1v) is 5.28. The Kier molecular flexibility index (Phi) is 2.93. The van der Waals surface area contributed by atoms with E-state index in [1.54, 1.807) is 6.92 Å². The lowest BCUT2D eigenvalue weighted by atomic mass is 10.1. The van der Waals surface area contributed by atoms with Crippen molar-refractivity contribution in [2.24, 2.45) is 5.92 Å². The third-order valence-corrected chi connectivity index (χ3v) is 3.42. The van der Waals surface area contributed by atoms with Crippen molar-refractivity contribution in [3.8, 4) is 6.07 Å². The first-order valence-electron chi connectivity index (χ1n) is 3.77. The highest BCUT2D eigenvalue weighted by molar-refractivity contribution is 8.20. The maximum absolute atomic E-state index is 9.39. The van der Waals surface area contributed by atoms with Gasteiger partial charge in [-0.2, -0.15) is 9.57 Å². The van der Waals surface area contributed by atoms with E-state index < -0.39 is 11.0 Å². The first-order chi connectivity index (χ1) is 5.60. The fourth-order valence-electron chi connectivity index (χ4n) is 1.01. The Labute approximate surface area is 73.6 Å². The molecule has 12 heavy (non-hydrogen) atoms. The molecule has 0 unspecified atom stereocenters. The van der Waals surface area contributed by atoms with Gasteiger partial charge in [0, 0.05) is 19.6 Å². The number of nitrogens with zero attached hydrogens (tertiary/aromatic N) is 2. The number of hydrogen-bond acceptors (Lipinski definition) is 5. The van der Waals surface area contributed by atoms with Gasteiger partial charge in [-0.3, -0.25) is 9.11 Å². The second-order valence-corrected chi connectivity index (χ2v) is 4.53. The van der Waals surface area contributed by atoms with Gasteiger partial charge in [0.2, 0.25) is 0 Å². The second kappa shape index (κ2) is 3.60. The summed E-state index contributed by atoms with van der Waals surface area (Å²) in [6.45, 7) is 3.21. The minimum Gasteiger partial charge on any atom is -0.272 e. The van der Waals surface area contributed by atoms with Crippen LogP contribution in [-0.2, 0) is 0 Å². The predicted octanol–water partition coefficient (Wildman–Crippen LogP) is 0.632. The summed E-state index contributed by atoms with van der Waals surface area (Å²) in [5, 5.41) is 8.45. The maximum atomic E-state index is 9.39. The number of rotatable bonds is 3. The van der Waals surface area contributed by atoms with E-state index in [9.17, 15) is 9.11 Å². The molecule has 0 spiro atoms. The summed E-state index contributed by atoms with van der Waals surface area (Å²) in [5.41, 5.74) is 0. The van der Waals surface area contributed by atoms with Crippen LogP contribution in [0.3, 0.4) is 0 Å². The van der Waals surface area contributed by atoms with Crippen molar-refractivity contribution in [3.63, 3.8) is 0 Å². The summed E-state index contributed by atoms with van der Waals surface area (Å²) in [4.78, 5) is 0. The Morgan fingerprint density at radius 1 is 1.67 bits per heavy atom. The van der Waals surface area contributed by atoms with E-state index in [1.807, 2.05) is 0 Å². The highest BCUT2D eigenvalue weighted by atomic mass is 32.3. The molecule has 0 aromatic heterocycles. The van der Waals surface area contributed by atoms with Gasteiger partial charge in [0.15, 0.2) is 0 Å². The van der Waals surface area contributed by atoms with Crippen LogP contribution in [0.5, 0.6) is 0 Å². The molecular weight excluding hydrogens is 178 g/mol. The molecule has 1 fully saturated rings. The van der Waals surface area contributed by atoms with Crippen LogP contribution >= 0.6 is 11.0 Å². The van der Waals surface area contributed by atoms with Crippen LogP contribution in [-0.4, -0.2) is 33.0 Å². The molecule has 0 bridgehead atoms. The van der Waals surface area contributed by atoms with E-state index in [-0.39, 0.29) is 5.92 Å². The molecule has 0 aliphatic carbocycles. The summed E-state index contributed by atoms with van der Waals surface area (Å²) in [7, 11) is -2.78. The largest absolute Gasteiger partial charge is 0.272 e. The van der Waals surface area contributed by atoms with E-state index in [4.69, 9.17) is 5.26 Å². The molecule has 0 atom stereocenters. The fraction of sp³-hybridized carbons (Fsp3) is 0.833. The van der Waals surface area contributed by atoms with Crippen molar-refractivity contribution in [1.82, 2.24) is 9.03 Å². The van der Waals surface area contributed by atoms with Crippen molar-refractivity contribution in [2.75, 3.05) is 19.6 Å². The quantitative estimate of drug-likeness (QED) is 0.609. The van der Waals surface area contributed by atoms with Crippen molar-refractivity contribution in [1.29, 1.82) is 5.26 Å². The van der Waals surface area contributed by atoms with Gasteiger partial charge in [0.05, 0.1) is 12.0 Å². The minimum atomic E-state index is -2.78. The van der Waals surface area contributed by atoms with Crippen LogP contribution in [0.2, 0.25) is 0 Å². The molecule has 0 amide bonds. The number of nitrogens with one attached hydrogen (secondary N) is 1. The third-order valence-electron chi connectivity index (χ3n) is 1.73. The lowest BCUT2D eigenvalue weighted by molar-refractivity contribution is 0.216. The Hall–Kier alpha value is -0.320. The summed E-state index contributed by atoms with van der Waals surface area (Å²) < 4.78 is 22.9. The molecule has 1 saturated heterocycles. The molecule has 1 aliphatic rings. The van der Waals surface area contributed by atoms with Crippen LogP contribution in [0.4, 0.5) is 0 Å². The molecule has 70 valence electrons. The zero-order valence-corrected chi connectivity index (χ0v) is 7.71. The van der Waals surface area contributed by atoms with Crippen LogP contribution in [0.25, 0.3) is 0 Å². The lowest BCUT2D eigenvalue weighted by Gasteiger charge is -2.49. The van der Waals surface area contributed by atoms with Crippen LogP contribution in [0.15, 0.2) is 0 Å². The number of hydrogen-bond donors (Lipinski definition) is 3. The molecule has 1 heterocycles. The van der Waals surface area contributed by atoms with Crippen molar-refractivity contribution >= 4 is 11.0 Å². The third kappa shape index (κ3) is 1.88. The van der Waals surface area contributed by atoms with E-state index in [0.717, 1.165) is 0 Å². The molecule has 0 radical (unpaired) electrons. The van der Waals surface area contributed by atoms with E-state index in [1.165, 1.54) is 4.31 Å². The molecule has 6 heteroatoms. The molecule has 1 rings (SSSR count). The van der Waals surface area contributed by atoms with Gasteiger partial charge in [-0.05, 0) is 0 Å². The van der Waals surface area contributed by atoms with Gasteiger partial charge in [0.1, 0.15) is 0 Å². The average molecular weight is 191 g/mol. The van der Waals surface area contributed by atoms with E-state index >= 15 is 0 Å². The van der Waals surface area contributed by atoms with Crippen LogP contribution in [0, 0.1) is 17.2 Å². The summed E-state index contributed by atoms with van der Waals surface area (Å²) in [6.07, 6.45) is 0. The molecule has 3 N–H and O–H groups in total. The predicted molar refractivity (Wildman–Crippen MR) is 47.2 cm³/mol. The van der Waals surface area contributed by atoms with Crippen LogP contribution < -0.4 is 4.72 Å². The molecule has 1 aliphatic heterocycles. The molecule has 0 saturated carbocycles. The SMILES string of the molecule is CCNS(O)(O)N1CC(C#N)C1. The smallest absolute Gasteiger partial charge is 0.0751 e. The van der Waals surface area contributed by atoms with Gasteiger partial charge in [-0.15, -0.1) is 0 Å². The Morgan fingerprint density at radius 2 is 2.25 bits per heavy atom. The van der Waals surface area contributed by atoms with Gasteiger partial charge in [-0.25, -0.2) is 4.72 Å². The van der Waals surface area contributed by atoms with Gasteiger partial charge in [0.25, 0.3) is 0 Å². The summed E-state index contributed by atoms with van der Waals surface area (Å²) in [5.74, 6) is -0.0465. The standard InChI is InChI=1S/C6H13N3O2S/c1-2-8-12(10,11)9-4-6(3-7)5-9/h6,8,10-11H,2,4-5H2,1H3. The van der Waals surface area contributed by atoms with Crippen molar-refractivity contribution < 1.29 is 9.11 Å².